The lowest BCUT2D eigenvalue weighted by Crippen LogP contribution is -2.49. The number of hydrogen-bond donors (Lipinski definition) is 1. The number of piperazine rings is 1. The summed E-state index contributed by atoms with van der Waals surface area (Å²) in [6, 6.07) is 0.536. The van der Waals surface area contributed by atoms with Crippen molar-refractivity contribution in [2.45, 2.75) is 58.4 Å². The maximum Gasteiger partial charge on any atom is 0.193 e. The second-order valence-electron chi connectivity index (χ2n) is 8.62. The Balaban J connectivity index is 1.56. The number of aliphatic imine (C=N–C) groups is 1. The lowest BCUT2D eigenvalue weighted by molar-refractivity contribution is 0.122. The smallest absolute Gasteiger partial charge is 0.193 e. The van der Waals surface area contributed by atoms with Crippen LogP contribution in [0.15, 0.2) is 4.99 Å². The number of likely N-dealkylation sites (tertiary alicyclic amines) is 1. The van der Waals surface area contributed by atoms with E-state index in [9.17, 15) is 0 Å². The van der Waals surface area contributed by atoms with Gasteiger partial charge in [0, 0.05) is 51.9 Å². The third kappa shape index (κ3) is 4.88. The largest absolute Gasteiger partial charge is 0.357 e. The van der Waals surface area contributed by atoms with Gasteiger partial charge in [0.15, 0.2) is 5.96 Å². The summed E-state index contributed by atoms with van der Waals surface area (Å²) in [5.74, 6) is 1.16. The van der Waals surface area contributed by atoms with E-state index in [1.807, 2.05) is 0 Å². The molecule has 1 N–H and O–H groups in total. The lowest BCUT2D eigenvalue weighted by atomic mass is 9.73. The zero-order valence-electron chi connectivity index (χ0n) is 16.8. The molecule has 1 saturated carbocycles. The van der Waals surface area contributed by atoms with Crippen LogP contribution in [0, 0.1) is 5.41 Å². The van der Waals surface area contributed by atoms with Gasteiger partial charge in [0.1, 0.15) is 0 Å². The Morgan fingerprint density at radius 2 is 1.76 bits per heavy atom. The highest BCUT2D eigenvalue weighted by atomic mass is 15.3. The third-order valence-corrected chi connectivity index (χ3v) is 6.65. The molecule has 1 aliphatic carbocycles. The minimum absolute atomic E-state index is 0.536. The van der Waals surface area contributed by atoms with E-state index in [-0.39, 0.29) is 0 Å². The summed E-state index contributed by atoms with van der Waals surface area (Å²) in [5.41, 5.74) is 0.595. The first kappa shape index (κ1) is 19.0. The summed E-state index contributed by atoms with van der Waals surface area (Å²) >= 11 is 0. The summed E-state index contributed by atoms with van der Waals surface area (Å²) in [6.45, 7) is 13.5. The molecule has 3 rings (SSSR count). The molecule has 2 aliphatic heterocycles. The van der Waals surface area contributed by atoms with Crippen LogP contribution in [0.3, 0.4) is 0 Å². The Morgan fingerprint density at radius 3 is 2.44 bits per heavy atom. The SMILES string of the molecule is CCNC(=NCC(C)N1CCN(C)CC1)N1CCC2(CCCCC2)C1. The van der Waals surface area contributed by atoms with Crippen LogP contribution in [-0.2, 0) is 0 Å². The van der Waals surface area contributed by atoms with Crippen LogP contribution in [0.25, 0.3) is 0 Å². The Hall–Kier alpha value is -0.810. The van der Waals surface area contributed by atoms with E-state index in [2.05, 4.69) is 40.9 Å². The number of nitrogens with zero attached hydrogens (tertiary/aromatic N) is 4. The minimum Gasteiger partial charge on any atom is -0.357 e. The van der Waals surface area contributed by atoms with Crippen molar-refractivity contribution in [3.8, 4) is 0 Å². The van der Waals surface area contributed by atoms with Crippen LogP contribution in [0.5, 0.6) is 0 Å². The quantitative estimate of drug-likeness (QED) is 0.623. The number of guanidine groups is 1. The number of hydrogen-bond acceptors (Lipinski definition) is 3. The average Bonchev–Trinajstić information content (AvgIpc) is 3.02. The summed E-state index contributed by atoms with van der Waals surface area (Å²) in [7, 11) is 2.22. The van der Waals surface area contributed by atoms with Crippen LogP contribution in [-0.4, -0.2) is 86.1 Å². The molecule has 0 aromatic heterocycles. The van der Waals surface area contributed by atoms with E-state index in [1.165, 1.54) is 77.8 Å². The van der Waals surface area contributed by atoms with Gasteiger partial charge in [-0.2, -0.15) is 0 Å². The molecule has 1 atom stereocenters. The summed E-state index contributed by atoms with van der Waals surface area (Å²) in [4.78, 5) is 12.6. The molecule has 25 heavy (non-hydrogen) atoms. The Labute approximate surface area is 154 Å². The van der Waals surface area contributed by atoms with E-state index in [0.29, 0.717) is 11.5 Å². The van der Waals surface area contributed by atoms with Gasteiger partial charge >= 0.3 is 0 Å². The second kappa shape index (κ2) is 8.72. The highest BCUT2D eigenvalue weighted by Gasteiger charge is 2.39. The van der Waals surface area contributed by atoms with E-state index < -0.39 is 0 Å². The molecule has 2 heterocycles. The van der Waals surface area contributed by atoms with E-state index in [4.69, 9.17) is 4.99 Å². The molecule has 144 valence electrons. The van der Waals surface area contributed by atoms with E-state index in [1.54, 1.807) is 0 Å². The first-order valence-corrected chi connectivity index (χ1v) is 10.6. The van der Waals surface area contributed by atoms with Crippen molar-refractivity contribution in [1.82, 2.24) is 20.0 Å². The van der Waals surface area contributed by atoms with Crippen molar-refractivity contribution in [2.75, 3.05) is 59.4 Å². The fraction of sp³-hybridized carbons (Fsp3) is 0.950. The fourth-order valence-electron chi connectivity index (χ4n) is 4.85. The van der Waals surface area contributed by atoms with Crippen molar-refractivity contribution in [2.24, 2.45) is 10.4 Å². The molecule has 0 amide bonds. The van der Waals surface area contributed by atoms with Gasteiger partial charge in [-0.25, -0.2) is 0 Å². The van der Waals surface area contributed by atoms with Gasteiger partial charge in [0.2, 0.25) is 0 Å². The molecule has 0 aromatic carbocycles. The Kier molecular flexibility index (Phi) is 6.61. The summed E-state index contributed by atoms with van der Waals surface area (Å²) in [5, 5.41) is 3.56. The van der Waals surface area contributed by atoms with Gasteiger partial charge in [-0.15, -0.1) is 0 Å². The molecule has 3 fully saturated rings. The van der Waals surface area contributed by atoms with Crippen LogP contribution in [0.4, 0.5) is 0 Å². The van der Waals surface area contributed by atoms with Crippen molar-refractivity contribution >= 4 is 5.96 Å². The van der Waals surface area contributed by atoms with Crippen molar-refractivity contribution in [1.29, 1.82) is 0 Å². The molecule has 5 heteroatoms. The molecular formula is C20H39N5. The van der Waals surface area contributed by atoms with Gasteiger partial charge < -0.3 is 15.1 Å². The Morgan fingerprint density at radius 1 is 1.04 bits per heavy atom. The third-order valence-electron chi connectivity index (χ3n) is 6.65. The van der Waals surface area contributed by atoms with Gasteiger partial charge in [0.05, 0.1) is 6.54 Å². The number of rotatable bonds is 4. The van der Waals surface area contributed by atoms with Gasteiger partial charge in [-0.3, -0.25) is 9.89 Å². The Bertz CT molecular complexity index is 435. The minimum atomic E-state index is 0.536. The predicted octanol–water partition coefficient (Wildman–Crippen LogP) is 2.24. The highest BCUT2D eigenvalue weighted by Crippen LogP contribution is 2.43. The van der Waals surface area contributed by atoms with Gasteiger partial charge in [0.25, 0.3) is 0 Å². The molecule has 5 nitrogen and oxygen atoms in total. The first-order valence-electron chi connectivity index (χ1n) is 10.6. The van der Waals surface area contributed by atoms with Gasteiger partial charge in [-0.1, -0.05) is 19.3 Å². The number of nitrogens with one attached hydrogen (secondary N) is 1. The summed E-state index contributed by atoms with van der Waals surface area (Å²) in [6.07, 6.45) is 8.54. The zero-order chi connectivity index (χ0) is 17.7. The first-order chi connectivity index (χ1) is 12.1. The molecule has 0 radical (unpaired) electrons. The van der Waals surface area contributed by atoms with Crippen molar-refractivity contribution in [3.63, 3.8) is 0 Å². The molecule has 2 saturated heterocycles. The van der Waals surface area contributed by atoms with Crippen LogP contribution in [0.1, 0.15) is 52.4 Å². The van der Waals surface area contributed by atoms with Crippen molar-refractivity contribution in [3.05, 3.63) is 0 Å². The lowest BCUT2D eigenvalue weighted by Gasteiger charge is -2.36. The molecule has 0 bridgehead atoms. The average molecular weight is 350 g/mol. The molecule has 0 aromatic rings. The molecule has 1 spiro atoms. The molecule has 3 aliphatic rings. The van der Waals surface area contributed by atoms with E-state index in [0.717, 1.165) is 19.0 Å². The highest BCUT2D eigenvalue weighted by molar-refractivity contribution is 5.80. The van der Waals surface area contributed by atoms with Crippen LogP contribution in [0.2, 0.25) is 0 Å². The predicted molar refractivity (Wildman–Crippen MR) is 106 cm³/mol. The fourth-order valence-corrected chi connectivity index (χ4v) is 4.85. The maximum atomic E-state index is 5.04. The van der Waals surface area contributed by atoms with E-state index >= 15 is 0 Å². The maximum absolute atomic E-state index is 5.04. The normalized spacial score (nSPS) is 27.0. The van der Waals surface area contributed by atoms with Gasteiger partial charge in [-0.05, 0) is 45.6 Å². The van der Waals surface area contributed by atoms with Crippen LogP contribution < -0.4 is 5.32 Å². The molecular weight excluding hydrogens is 310 g/mol. The zero-order valence-corrected chi connectivity index (χ0v) is 16.8. The second-order valence-corrected chi connectivity index (χ2v) is 8.62. The number of likely N-dealkylation sites (N-methyl/N-ethyl adjacent to an activating group) is 1. The standard InChI is InChI=1S/C20H39N5/c1-4-21-19(22-16-18(2)24-14-12-23(3)13-15-24)25-11-10-20(17-25)8-6-5-7-9-20/h18H,4-17H2,1-3H3,(H,21,22). The van der Waals surface area contributed by atoms with Crippen molar-refractivity contribution < 1.29 is 0 Å². The topological polar surface area (TPSA) is 34.1 Å². The summed E-state index contributed by atoms with van der Waals surface area (Å²) < 4.78 is 0. The van der Waals surface area contributed by atoms with Crippen LogP contribution >= 0.6 is 0 Å². The molecule has 1 unspecified atom stereocenters. The monoisotopic (exact) mass is 349 g/mol.